The minimum Gasteiger partial charge on any atom is -0.298 e. The third-order valence-corrected chi connectivity index (χ3v) is 5.62. The summed E-state index contributed by atoms with van der Waals surface area (Å²) in [5.74, 6) is 0.493. The van der Waals surface area contributed by atoms with Crippen molar-refractivity contribution in [1.29, 1.82) is 0 Å². The second-order valence-electron chi connectivity index (χ2n) is 5.25. The number of nitrogens with zero attached hydrogens (tertiary/aromatic N) is 2. The lowest BCUT2D eigenvalue weighted by atomic mass is 9.96. The molecule has 0 saturated carbocycles. The summed E-state index contributed by atoms with van der Waals surface area (Å²) in [6, 6.07) is 0.250. The fraction of sp³-hybridized carbons (Fsp3) is 0.692. The molecule has 0 aromatic carbocycles. The highest BCUT2D eigenvalue weighted by molar-refractivity contribution is 7.91. The Kier molecular flexibility index (Phi) is 4.08. The van der Waals surface area contributed by atoms with Gasteiger partial charge >= 0.3 is 0 Å². The Morgan fingerprint density at radius 3 is 2.63 bits per heavy atom. The molecule has 2 rings (SSSR count). The van der Waals surface area contributed by atoms with Crippen molar-refractivity contribution in [3.05, 3.63) is 17.5 Å². The molecule has 1 atom stereocenters. The summed E-state index contributed by atoms with van der Waals surface area (Å²) in [5, 5.41) is 4.51. The highest BCUT2D eigenvalue weighted by Gasteiger charge is 2.28. The Balaban J connectivity index is 2.24. The van der Waals surface area contributed by atoms with Crippen LogP contribution in [0.5, 0.6) is 0 Å². The highest BCUT2D eigenvalue weighted by Crippen LogP contribution is 2.30. The Labute approximate surface area is 113 Å². The summed E-state index contributed by atoms with van der Waals surface area (Å²) in [6.45, 7) is 4.12. The number of carbonyl (C=O) groups is 1. The molecule has 1 saturated heterocycles. The zero-order valence-corrected chi connectivity index (χ0v) is 12.2. The smallest absolute Gasteiger partial charge is 0.153 e. The van der Waals surface area contributed by atoms with Gasteiger partial charge in [-0.25, -0.2) is 8.42 Å². The normalized spacial score (nSPS) is 21.2. The molecule has 19 heavy (non-hydrogen) atoms. The topological polar surface area (TPSA) is 69.0 Å². The van der Waals surface area contributed by atoms with Crippen molar-refractivity contribution in [2.24, 2.45) is 0 Å². The van der Waals surface area contributed by atoms with Crippen molar-refractivity contribution in [3.63, 3.8) is 0 Å². The van der Waals surface area contributed by atoms with Gasteiger partial charge in [0.15, 0.2) is 6.29 Å². The maximum atomic E-state index is 11.4. The van der Waals surface area contributed by atoms with Gasteiger partial charge in [0.1, 0.15) is 9.84 Å². The molecule has 0 aliphatic carbocycles. The zero-order chi connectivity index (χ0) is 14.0. The highest BCUT2D eigenvalue weighted by atomic mass is 32.2. The zero-order valence-electron chi connectivity index (χ0n) is 11.4. The van der Waals surface area contributed by atoms with Crippen LogP contribution < -0.4 is 0 Å². The van der Waals surface area contributed by atoms with E-state index in [1.807, 2.05) is 4.68 Å². The van der Waals surface area contributed by atoms with E-state index in [9.17, 15) is 13.2 Å². The van der Waals surface area contributed by atoms with Gasteiger partial charge in [-0.05, 0) is 26.2 Å². The second kappa shape index (κ2) is 5.45. The van der Waals surface area contributed by atoms with Crippen LogP contribution in [0, 0.1) is 0 Å². The van der Waals surface area contributed by atoms with Gasteiger partial charge in [0, 0.05) is 18.2 Å². The average molecular weight is 284 g/mol. The van der Waals surface area contributed by atoms with Gasteiger partial charge in [-0.15, -0.1) is 0 Å². The van der Waals surface area contributed by atoms with Gasteiger partial charge in [0.05, 0.1) is 22.8 Å². The summed E-state index contributed by atoms with van der Waals surface area (Å²) in [5.41, 5.74) is 1.37. The molecule has 2 heterocycles. The van der Waals surface area contributed by atoms with E-state index in [0.29, 0.717) is 18.4 Å². The molecule has 6 heteroatoms. The summed E-state index contributed by atoms with van der Waals surface area (Å²) < 4.78 is 24.7. The van der Waals surface area contributed by atoms with Crippen LogP contribution in [0.25, 0.3) is 0 Å². The molecular weight excluding hydrogens is 264 g/mol. The lowest BCUT2D eigenvalue weighted by molar-refractivity contribution is 0.112. The van der Waals surface area contributed by atoms with Crippen molar-refractivity contribution in [2.45, 2.75) is 45.1 Å². The van der Waals surface area contributed by atoms with E-state index in [4.69, 9.17) is 0 Å². The minimum absolute atomic E-state index is 0.0917. The lowest BCUT2D eigenvalue weighted by Crippen LogP contribution is -2.23. The van der Waals surface area contributed by atoms with Crippen molar-refractivity contribution in [2.75, 3.05) is 11.5 Å². The Hall–Kier alpha value is -1.17. The predicted octanol–water partition coefficient (Wildman–Crippen LogP) is 1.96. The second-order valence-corrected chi connectivity index (χ2v) is 7.55. The van der Waals surface area contributed by atoms with Crippen molar-refractivity contribution in [1.82, 2.24) is 9.78 Å². The number of carbonyl (C=O) groups excluding carboxylic acids is 1. The van der Waals surface area contributed by atoms with Gasteiger partial charge in [-0.2, -0.15) is 5.10 Å². The molecule has 1 aromatic heterocycles. The molecule has 5 nitrogen and oxygen atoms in total. The SMILES string of the molecule is CCC(C)n1cc(C=O)c(C2CCS(=O)(=O)CC2)n1. The summed E-state index contributed by atoms with van der Waals surface area (Å²) in [4.78, 5) is 11.2. The molecule has 0 radical (unpaired) electrons. The van der Waals surface area contributed by atoms with Crippen molar-refractivity contribution >= 4 is 16.1 Å². The van der Waals surface area contributed by atoms with Gasteiger partial charge in [0.2, 0.25) is 0 Å². The Morgan fingerprint density at radius 2 is 2.11 bits per heavy atom. The van der Waals surface area contributed by atoms with Crippen LogP contribution in [0.3, 0.4) is 0 Å². The van der Waals surface area contributed by atoms with Crippen LogP contribution in [0.2, 0.25) is 0 Å². The first-order chi connectivity index (χ1) is 8.96. The number of aldehydes is 1. The monoisotopic (exact) mass is 284 g/mol. The predicted molar refractivity (Wildman–Crippen MR) is 73.2 cm³/mol. The molecule has 0 spiro atoms. The molecule has 1 unspecified atom stereocenters. The Bertz CT molecular complexity index is 548. The van der Waals surface area contributed by atoms with E-state index in [1.165, 1.54) is 0 Å². The van der Waals surface area contributed by atoms with E-state index in [-0.39, 0.29) is 23.5 Å². The summed E-state index contributed by atoms with van der Waals surface area (Å²) in [6.07, 6.45) is 4.68. The van der Waals surface area contributed by atoms with Crippen LogP contribution in [0.1, 0.15) is 61.1 Å². The minimum atomic E-state index is -2.88. The molecule has 1 aromatic rings. The fourth-order valence-corrected chi connectivity index (χ4v) is 3.90. The van der Waals surface area contributed by atoms with Crippen molar-refractivity contribution < 1.29 is 13.2 Å². The third-order valence-electron chi connectivity index (χ3n) is 3.90. The first kappa shape index (κ1) is 14.2. The molecule has 0 N–H and O–H groups in total. The largest absolute Gasteiger partial charge is 0.298 e. The van der Waals surface area contributed by atoms with E-state index in [1.54, 1.807) is 6.20 Å². The van der Waals surface area contributed by atoms with Crippen LogP contribution >= 0.6 is 0 Å². The number of hydrogen-bond acceptors (Lipinski definition) is 4. The fourth-order valence-electron chi connectivity index (χ4n) is 2.40. The molecule has 1 aliphatic heterocycles. The van der Waals surface area contributed by atoms with Crippen LogP contribution in [-0.2, 0) is 9.84 Å². The van der Waals surface area contributed by atoms with E-state index >= 15 is 0 Å². The molecule has 1 aliphatic rings. The molecular formula is C13H20N2O3S. The van der Waals surface area contributed by atoms with Gasteiger partial charge < -0.3 is 0 Å². The quantitative estimate of drug-likeness (QED) is 0.793. The van der Waals surface area contributed by atoms with E-state index < -0.39 is 9.84 Å². The average Bonchev–Trinajstić information content (AvgIpc) is 2.82. The van der Waals surface area contributed by atoms with Gasteiger partial charge in [-0.3, -0.25) is 9.48 Å². The number of rotatable bonds is 4. The van der Waals surface area contributed by atoms with E-state index in [0.717, 1.165) is 18.4 Å². The standard InChI is InChI=1S/C13H20N2O3S/c1-3-10(2)15-8-12(9-16)13(14-15)11-4-6-19(17,18)7-5-11/h8-11H,3-7H2,1-2H3. The maximum Gasteiger partial charge on any atom is 0.153 e. The molecule has 0 amide bonds. The number of sulfone groups is 1. The molecule has 1 fully saturated rings. The molecule has 0 bridgehead atoms. The lowest BCUT2D eigenvalue weighted by Gasteiger charge is -2.20. The van der Waals surface area contributed by atoms with Gasteiger partial charge in [-0.1, -0.05) is 6.92 Å². The summed E-state index contributed by atoms with van der Waals surface area (Å²) >= 11 is 0. The first-order valence-electron chi connectivity index (χ1n) is 6.71. The Morgan fingerprint density at radius 1 is 1.47 bits per heavy atom. The van der Waals surface area contributed by atoms with E-state index in [2.05, 4.69) is 18.9 Å². The third kappa shape index (κ3) is 3.05. The van der Waals surface area contributed by atoms with Crippen LogP contribution in [0.15, 0.2) is 6.20 Å². The number of aromatic nitrogens is 2. The van der Waals surface area contributed by atoms with Crippen molar-refractivity contribution in [3.8, 4) is 0 Å². The first-order valence-corrected chi connectivity index (χ1v) is 8.53. The van der Waals surface area contributed by atoms with Crippen LogP contribution in [0.4, 0.5) is 0 Å². The summed E-state index contributed by atoms with van der Waals surface area (Å²) in [7, 11) is -2.88. The van der Waals surface area contributed by atoms with Gasteiger partial charge in [0.25, 0.3) is 0 Å². The van der Waals surface area contributed by atoms with Crippen LogP contribution in [-0.4, -0.2) is 36.0 Å². The number of hydrogen-bond donors (Lipinski definition) is 0. The maximum absolute atomic E-state index is 11.4. The molecule has 106 valence electrons.